The van der Waals surface area contributed by atoms with Crippen LogP contribution in [0.5, 0.6) is 5.88 Å². The van der Waals surface area contributed by atoms with Crippen molar-refractivity contribution in [2.24, 2.45) is 0 Å². The van der Waals surface area contributed by atoms with E-state index in [2.05, 4.69) is 15.8 Å². The molecular formula is C17H15N3O5. The van der Waals surface area contributed by atoms with Crippen LogP contribution in [0.15, 0.2) is 57.7 Å². The van der Waals surface area contributed by atoms with Crippen LogP contribution >= 0.6 is 0 Å². The summed E-state index contributed by atoms with van der Waals surface area (Å²) >= 11 is 0. The number of benzene rings is 1. The number of carbonyl (C=O) groups excluding carboxylic acids is 2. The number of aromatic nitrogens is 1. The first-order chi connectivity index (χ1) is 12.1. The third kappa shape index (κ3) is 4.47. The largest absolute Gasteiger partial charge is 0.465 e. The van der Waals surface area contributed by atoms with Crippen molar-refractivity contribution in [1.29, 1.82) is 0 Å². The van der Waals surface area contributed by atoms with Crippen molar-refractivity contribution in [2.45, 2.75) is 6.92 Å². The molecule has 0 aliphatic heterocycles. The number of nitrogens with zero attached hydrogens (tertiary/aromatic N) is 1. The number of ether oxygens (including phenoxy) is 1. The molecule has 0 aliphatic rings. The third-order valence-electron chi connectivity index (χ3n) is 3.11. The number of aryl methyl sites for hydroxylation is 1. The monoisotopic (exact) mass is 341 g/mol. The molecule has 8 heteroatoms. The number of hydrogen-bond donors (Lipinski definition) is 2. The normalized spacial score (nSPS) is 10.3. The fraction of sp³-hybridized carbons (Fsp3) is 0.118. The van der Waals surface area contributed by atoms with Gasteiger partial charge in [0.25, 0.3) is 17.7 Å². The molecule has 0 unspecified atom stereocenters. The van der Waals surface area contributed by atoms with Crippen molar-refractivity contribution in [3.63, 3.8) is 0 Å². The van der Waals surface area contributed by atoms with Gasteiger partial charge in [0, 0.05) is 17.4 Å². The lowest BCUT2D eigenvalue weighted by atomic mass is 10.2. The molecule has 0 radical (unpaired) electrons. The molecule has 0 saturated carbocycles. The van der Waals surface area contributed by atoms with Gasteiger partial charge in [-0.25, -0.2) is 0 Å². The van der Waals surface area contributed by atoms with E-state index in [1.165, 1.54) is 6.26 Å². The molecule has 128 valence electrons. The Bertz CT molecular complexity index is 870. The van der Waals surface area contributed by atoms with Crippen LogP contribution in [0.2, 0.25) is 0 Å². The number of rotatable bonds is 6. The first-order valence-electron chi connectivity index (χ1n) is 7.41. The molecule has 0 spiro atoms. The second-order valence-corrected chi connectivity index (χ2v) is 5.12. The van der Waals surface area contributed by atoms with Crippen molar-refractivity contribution in [3.8, 4) is 5.88 Å². The number of furan rings is 1. The molecule has 3 rings (SSSR count). The quantitative estimate of drug-likeness (QED) is 0.714. The number of nitrogens with one attached hydrogen (secondary N) is 2. The number of hydrogen-bond acceptors (Lipinski definition) is 6. The number of carbonyl (C=O) groups is 2. The molecule has 3 aromatic rings. The number of amides is 2. The van der Waals surface area contributed by atoms with E-state index in [1.807, 2.05) is 0 Å². The average Bonchev–Trinajstić information content (AvgIpc) is 3.25. The van der Waals surface area contributed by atoms with Crippen LogP contribution < -0.4 is 15.4 Å². The fourth-order valence-electron chi connectivity index (χ4n) is 2.02. The van der Waals surface area contributed by atoms with Crippen LogP contribution in [0, 0.1) is 6.92 Å². The summed E-state index contributed by atoms with van der Waals surface area (Å²) in [5.74, 6) is 0.293. The van der Waals surface area contributed by atoms with E-state index < -0.39 is 0 Å². The zero-order valence-corrected chi connectivity index (χ0v) is 13.3. The van der Waals surface area contributed by atoms with Crippen molar-refractivity contribution < 1.29 is 23.3 Å². The lowest BCUT2D eigenvalue weighted by Crippen LogP contribution is -2.20. The second kappa shape index (κ2) is 7.35. The Morgan fingerprint density at radius 2 is 1.92 bits per heavy atom. The van der Waals surface area contributed by atoms with E-state index in [9.17, 15) is 9.59 Å². The summed E-state index contributed by atoms with van der Waals surface area (Å²) in [5.41, 5.74) is 1.04. The topological polar surface area (TPSA) is 107 Å². The van der Waals surface area contributed by atoms with Crippen LogP contribution in [0.25, 0.3) is 0 Å². The molecule has 0 atom stereocenters. The van der Waals surface area contributed by atoms with Crippen LogP contribution in [0.1, 0.15) is 16.3 Å². The Morgan fingerprint density at radius 3 is 2.60 bits per heavy atom. The van der Waals surface area contributed by atoms with Crippen molar-refractivity contribution in [3.05, 3.63) is 60.2 Å². The van der Waals surface area contributed by atoms with Gasteiger partial charge in [-0.1, -0.05) is 6.07 Å². The second-order valence-electron chi connectivity index (χ2n) is 5.12. The molecule has 0 fully saturated rings. The van der Waals surface area contributed by atoms with E-state index in [4.69, 9.17) is 13.7 Å². The lowest BCUT2D eigenvalue weighted by molar-refractivity contribution is -0.118. The molecule has 8 nitrogen and oxygen atoms in total. The van der Waals surface area contributed by atoms with E-state index >= 15 is 0 Å². The predicted molar refractivity (Wildman–Crippen MR) is 88.5 cm³/mol. The predicted octanol–water partition coefficient (Wildman–Crippen LogP) is 2.85. The zero-order chi connectivity index (χ0) is 17.6. The minimum absolute atomic E-state index is 0.200. The summed E-state index contributed by atoms with van der Waals surface area (Å²) in [6.45, 7) is 1.51. The summed E-state index contributed by atoms with van der Waals surface area (Å²) in [7, 11) is 0. The van der Waals surface area contributed by atoms with E-state index in [-0.39, 0.29) is 30.1 Å². The van der Waals surface area contributed by atoms with E-state index in [0.29, 0.717) is 17.1 Å². The summed E-state index contributed by atoms with van der Waals surface area (Å²) in [4.78, 5) is 23.9. The molecule has 0 saturated heterocycles. The molecule has 25 heavy (non-hydrogen) atoms. The molecule has 2 heterocycles. The van der Waals surface area contributed by atoms with Gasteiger partial charge in [0.2, 0.25) is 0 Å². The standard InChI is InChI=1S/C17H15N3O5/c1-11-8-16(20-25-11)24-10-15(21)18-12-4-2-5-13(9-12)19-17(22)14-6-3-7-23-14/h2-9H,10H2,1H3,(H,18,21)(H,19,22). The zero-order valence-electron chi connectivity index (χ0n) is 13.3. The highest BCUT2D eigenvalue weighted by Crippen LogP contribution is 2.16. The van der Waals surface area contributed by atoms with E-state index in [1.54, 1.807) is 49.4 Å². The Labute approximate surface area is 142 Å². The van der Waals surface area contributed by atoms with Crippen LogP contribution in [-0.4, -0.2) is 23.6 Å². The van der Waals surface area contributed by atoms with Crippen molar-refractivity contribution >= 4 is 23.2 Å². The van der Waals surface area contributed by atoms with Gasteiger partial charge in [-0.3, -0.25) is 9.59 Å². The van der Waals surface area contributed by atoms with Crippen LogP contribution in [0.3, 0.4) is 0 Å². The Morgan fingerprint density at radius 1 is 1.12 bits per heavy atom. The average molecular weight is 341 g/mol. The summed E-state index contributed by atoms with van der Waals surface area (Å²) < 4.78 is 15.1. The minimum atomic E-state index is -0.377. The van der Waals surface area contributed by atoms with Crippen LogP contribution in [0.4, 0.5) is 11.4 Å². The van der Waals surface area contributed by atoms with Gasteiger partial charge >= 0.3 is 0 Å². The Balaban J connectivity index is 1.55. The summed E-state index contributed by atoms with van der Waals surface area (Å²) in [6, 6.07) is 11.5. The highest BCUT2D eigenvalue weighted by Gasteiger charge is 2.10. The highest BCUT2D eigenvalue weighted by atomic mass is 16.5. The lowest BCUT2D eigenvalue weighted by Gasteiger charge is -2.08. The minimum Gasteiger partial charge on any atom is -0.465 e. The van der Waals surface area contributed by atoms with Gasteiger partial charge in [-0.15, -0.1) is 0 Å². The first kappa shape index (κ1) is 16.3. The molecule has 2 amide bonds. The fourth-order valence-corrected chi connectivity index (χ4v) is 2.02. The summed E-state index contributed by atoms with van der Waals surface area (Å²) in [5, 5.41) is 8.98. The molecule has 2 aromatic heterocycles. The Hall–Kier alpha value is -3.55. The van der Waals surface area contributed by atoms with Crippen LogP contribution in [-0.2, 0) is 4.79 Å². The third-order valence-corrected chi connectivity index (χ3v) is 3.11. The van der Waals surface area contributed by atoms with Gasteiger partial charge in [0.05, 0.1) is 6.26 Å². The molecular weight excluding hydrogens is 326 g/mol. The summed E-state index contributed by atoms with van der Waals surface area (Å²) in [6.07, 6.45) is 1.42. The maximum absolute atomic E-state index is 11.9. The molecule has 0 bridgehead atoms. The van der Waals surface area contributed by atoms with Crippen molar-refractivity contribution in [1.82, 2.24) is 5.16 Å². The molecule has 0 aliphatic carbocycles. The van der Waals surface area contributed by atoms with Crippen molar-refractivity contribution in [2.75, 3.05) is 17.2 Å². The maximum Gasteiger partial charge on any atom is 0.291 e. The molecule has 1 aromatic carbocycles. The first-order valence-corrected chi connectivity index (χ1v) is 7.41. The van der Waals surface area contributed by atoms with Gasteiger partial charge in [0.15, 0.2) is 12.4 Å². The maximum atomic E-state index is 11.9. The SMILES string of the molecule is Cc1cc(OCC(=O)Nc2cccc(NC(=O)c3ccco3)c2)no1. The Kier molecular flexibility index (Phi) is 4.79. The van der Waals surface area contributed by atoms with Gasteiger partial charge in [-0.05, 0) is 42.4 Å². The van der Waals surface area contributed by atoms with Gasteiger partial charge in [0.1, 0.15) is 5.76 Å². The van der Waals surface area contributed by atoms with E-state index in [0.717, 1.165) is 0 Å². The van der Waals surface area contributed by atoms with Gasteiger partial charge < -0.3 is 24.3 Å². The molecule has 2 N–H and O–H groups in total. The van der Waals surface area contributed by atoms with Gasteiger partial charge in [-0.2, -0.15) is 0 Å². The number of anilines is 2. The highest BCUT2D eigenvalue weighted by molar-refractivity contribution is 6.02. The smallest absolute Gasteiger partial charge is 0.291 e.